The summed E-state index contributed by atoms with van der Waals surface area (Å²) in [7, 11) is 0. The average molecular weight is 362 g/mol. The van der Waals surface area contributed by atoms with Gasteiger partial charge in [0, 0.05) is 5.56 Å². The normalized spacial score (nSPS) is 10.4. The van der Waals surface area contributed by atoms with Crippen LogP contribution in [-0.2, 0) is 11.2 Å². The Kier molecular flexibility index (Phi) is 6.05. The first-order valence-electron chi connectivity index (χ1n) is 8.96. The first-order valence-corrected chi connectivity index (χ1v) is 8.96. The largest absolute Gasteiger partial charge is 0.494 e. The molecule has 0 aliphatic rings. The quantitative estimate of drug-likeness (QED) is 0.658. The van der Waals surface area contributed by atoms with Crippen LogP contribution in [0, 0.1) is 0 Å². The highest BCUT2D eigenvalue weighted by molar-refractivity contribution is 5.96. The van der Waals surface area contributed by atoms with Crippen LogP contribution < -0.4 is 15.6 Å². The van der Waals surface area contributed by atoms with Crippen molar-refractivity contribution >= 4 is 22.6 Å². The van der Waals surface area contributed by atoms with Crippen molar-refractivity contribution in [2.24, 2.45) is 0 Å². The van der Waals surface area contributed by atoms with E-state index in [0.717, 1.165) is 22.8 Å². The van der Waals surface area contributed by atoms with Gasteiger partial charge in [0.25, 0.3) is 5.91 Å². The highest BCUT2D eigenvalue weighted by atomic mass is 16.5. The molecule has 0 spiro atoms. The minimum absolute atomic E-state index is 0.182. The van der Waals surface area contributed by atoms with Crippen LogP contribution in [0.3, 0.4) is 0 Å². The first kappa shape index (κ1) is 18.5. The number of rotatable bonds is 6. The monoisotopic (exact) mass is 362 g/mol. The van der Waals surface area contributed by atoms with Gasteiger partial charge in [0.15, 0.2) is 0 Å². The molecule has 3 rings (SSSR count). The molecule has 0 saturated heterocycles. The highest BCUT2D eigenvalue weighted by Gasteiger charge is 2.10. The first-order chi connectivity index (χ1) is 13.2. The van der Waals surface area contributed by atoms with E-state index in [2.05, 4.69) is 10.9 Å². The molecule has 0 saturated carbocycles. The molecule has 5 nitrogen and oxygen atoms in total. The van der Waals surface area contributed by atoms with E-state index in [9.17, 15) is 9.59 Å². The summed E-state index contributed by atoms with van der Waals surface area (Å²) in [4.78, 5) is 24.5. The van der Waals surface area contributed by atoms with Crippen LogP contribution >= 0.6 is 0 Å². The van der Waals surface area contributed by atoms with E-state index < -0.39 is 0 Å². The molecule has 0 aromatic heterocycles. The number of hydrogen-bond donors (Lipinski definition) is 2. The van der Waals surface area contributed by atoms with Crippen molar-refractivity contribution in [2.45, 2.75) is 19.8 Å². The fourth-order valence-corrected chi connectivity index (χ4v) is 2.81. The lowest BCUT2D eigenvalue weighted by molar-refractivity contribution is -0.121. The molecule has 27 heavy (non-hydrogen) atoms. The van der Waals surface area contributed by atoms with Crippen molar-refractivity contribution in [1.29, 1.82) is 0 Å². The zero-order valence-electron chi connectivity index (χ0n) is 15.2. The Labute approximate surface area is 158 Å². The molecule has 0 bridgehead atoms. The Morgan fingerprint density at radius 3 is 2.56 bits per heavy atom. The number of hydrogen-bond acceptors (Lipinski definition) is 3. The average Bonchev–Trinajstić information content (AvgIpc) is 2.71. The smallest absolute Gasteiger partial charge is 0.269 e. The van der Waals surface area contributed by atoms with Crippen molar-refractivity contribution in [3.8, 4) is 5.75 Å². The van der Waals surface area contributed by atoms with Crippen LogP contribution in [0.2, 0.25) is 0 Å². The summed E-state index contributed by atoms with van der Waals surface area (Å²) in [6, 6.07) is 20.6. The second kappa shape index (κ2) is 8.85. The third kappa shape index (κ3) is 4.85. The lowest BCUT2D eigenvalue weighted by Gasteiger charge is -2.10. The Morgan fingerprint density at radius 1 is 0.926 bits per heavy atom. The molecule has 0 fully saturated rings. The summed E-state index contributed by atoms with van der Waals surface area (Å²) in [5, 5.41) is 2.11. The summed E-state index contributed by atoms with van der Waals surface area (Å²) in [5.41, 5.74) is 6.27. The fraction of sp³-hybridized carbons (Fsp3) is 0.182. The molecule has 0 atom stereocenters. The van der Waals surface area contributed by atoms with Gasteiger partial charge in [0.2, 0.25) is 5.91 Å². The molecule has 2 N–H and O–H groups in total. The molecular formula is C22H22N2O3. The second-order valence-electron chi connectivity index (χ2n) is 6.19. The number of hydrazine groups is 1. The number of fused-ring (bicyclic) bond motifs is 1. The molecule has 2 amide bonds. The van der Waals surface area contributed by atoms with Crippen molar-refractivity contribution < 1.29 is 14.3 Å². The van der Waals surface area contributed by atoms with Crippen LogP contribution in [0.4, 0.5) is 0 Å². The van der Waals surface area contributed by atoms with E-state index in [0.29, 0.717) is 17.9 Å². The van der Waals surface area contributed by atoms with Crippen molar-refractivity contribution in [3.05, 3.63) is 77.9 Å². The Morgan fingerprint density at radius 2 is 1.70 bits per heavy atom. The van der Waals surface area contributed by atoms with Crippen LogP contribution in [0.15, 0.2) is 66.7 Å². The summed E-state index contributed by atoms with van der Waals surface area (Å²) < 4.78 is 5.52. The maximum absolute atomic E-state index is 12.3. The van der Waals surface area contributed by atoms with Gasteiger partial charge in [-0.3, -0.25) is 20.4 Å². The molecule has 0 heterocycles. The zero-order valence-corrected chi connectivity index (χ0v) is 15.2. The molecule has 0 aliphatic carbocycles. The third-order valence-corrected chi connectivity index (χ3v) is 4.12. The SMILES string of the molecule is CCCOc1cccc(C(=O)NNC(=O)Cc2cccc3ccccc23)c1. The predicted octanol–water partition coefficient (Wildman–Crippen LogP) is 3.63. The third-order valence-electron chi connectivity index (χ3n) is 4.12. The van der Waals surface area contributed by atoms with Gasteiger partial charge in [0.05, 0.1) is 13.0 Å². The van der Waals surface area contributed by atoms with Gasteiger partial charge < -0.3 is 4.74 Å². The number of carbonyl (C=O) groups is 2. The van der Waals surface area contributed by atoms with Crippen LogP contribution in [0.5, 0.6) is 5.75 Å². The topological polar surface area (TPSA) is 67.4 Å². The van der Waals surface area contributed by atoms with Gasteiger partial charge in [0.1, 0.15) is 5.75 Å². The van der Waals surface area contributed by atoms with Crippen molar-refractivity contribution in [3.63, 3.8) is 0 Å². The van der Waals surface area contributed by atoms with Gasteiger partial charge in [-0.25, -0.2) is 0 Å². The zero-order chi connectivity index (χ0) is 19.1. The summed E-state index contributed by atoms with van der Waals surface area (Å²) in [6.45, 7) is 2.61. The molecule has 5 heteroatoms. The van der Waals surface area contributed by atoms with E-state index in [1.54, 1.807) is 24.3 Å². The number of nitrogens with one attached hydrogen (secondary N) is 2. The van der Waals surface area contributed by atoms with Gasteiger partial charge in [-0.2, -0.15) is 0 Å². The van der Waals surface area contributed by atoms with Gasteiger partial charge in [-0.05, 0) is 41.0 Å². The van der Waals surface area contributed by atoms with Gasteiger partial charge in [-0.15, -0.1) is 0 Å². The van der Waals surface area contributed by atoms with E-state index >= 15 is 0 Å². The molecule has 3 aromatic rings. The maximum Gasteiger partial charge on any atom is 0.269 e. The Bertz CT molecular complexity index is 948. The van der Waals surface area contributed by atoms with E-state index in [-0.39, 0.29) is 18.2 Å². The number of ether oxygens (including phenoxy) is 1. The molecule has 3 aromatic carbocycles. The molecule has 0 aliphatic heterocycles. The minimum Gasteiger partial charge on any atom is -0.494 e. The second-order valence-corrected chi connectivity index (χ2v) is 6.19. The maximum atomic E-state index is 12.3. The minimum atomic E-state index is -0.386. The predicted molar refractivity (Wildman–Crippen MR) is 105 cm³/mol. The van der Waals surface area contributed by atoms with E-state index in [1.165, 1.54) is 0 Å². The van der Waals surface area contributed by atoms with Crippen molar-refractivity contribution in [1.82, 2.24) is 10.9 Å². The van der Waals surface area contributed by atoms with Gasteiger partial charge >= 0.3 is 0 Å². The van der Waals surface area contributed by atoms with Crippen LogP contribution in [0.1, 0.15) is 29.3 Å². The Balaban J connectivity index is 1.59. The number of amides is 2. The highest BCUT2D eigenvalue weighted by Crippen LogP contribution is 2.18. The number of benzene rings is 3. The van der Waals surface area contributed by atoms with Crippen LogP contribution in [0.25, 0.3) is 10.8 Å². The fourth-order valence-electron chi connectivity index (χ4n) is 2.81. The number of carbonyl (C=O) groups excluding carboxylic acids is 2. The summed E-state index contributed by atoms with van der Waals surface area (Å²) in [5.74, 6) is -0.0344. The van der Waals surface area contributed by atoms with E-state index in [1.807, 2.05) is 49.4 Å². The lowest BCUT2D eigenvalue weighted by atomic mass is 10.0. The van der Waals surface area contributed by atoms with E-state index in [4.69, 9.17) is 4.74 Å². The lowest BCUT2D eigenvalue weighted by Crippen LogP contribution is -2.42. The van der Waals surface area contributed by atoms with Gasteiger partial charge in [-0.1, -0.05) is 55.5 Å². The summed E-state index contributed by atoms with van der Waals surface area (Å²) in [6.07, 6.45) is 1.07. The Hall–Kier alpha value is -3.34. The standard InChI is InChI=1S/C22H22N2O3/c1-2-13-27-19-11-6-10-18(14-19)22(26)24-23-21(25)15-17-9-5-8-16-7-3-4-12-20(16)17/h3-12,14H,2,13,15H2,1H3,(H,23,25)(H,24,26). The molecule has 138 valence electrons. The summed E-state index contributed by atoms with van der Waals surface area (Å²) >= 11 is 0. The molecule has 0 radical (unpaired) electrons. The van der Waals surface area contributed by atoms with Crippen LogP contribution in [-0.4, -0.2) is 18.4 Å². The van der Waals surface area contributed by atoms with Crippen molar-refractivity contribution in [2.75, 3.05) is 6.61 Å². The molecule has 0 unspecified atom stereocenters. The molecular weight excluding hydrogens is 340 g/mol.